The summed E-state index contributed by atoms with van der Waals surface area (Å²) in [5.41, 5.74) is 1.90. The Morgan fingerprint density at radius 3 is 2.61 bits per heavy atom. The Morgan fingerprint density at radius 1 is 1.21 bits per heavy atom. The summed E-state index contributed by atoms with van der Waals surface area (Å²) in [6, 6.07) is 15.4. The van der Waals surface area contributed by atoms with Gasteiger partial charge in [-0.15, -0.1) is 0 Å². The third-order valence-corrected chi connectivity index (χ3v) is 4.47. The van der Waals surface area contributed by atoms with Crippen molar-refractivity contribution in [3.8, 4) is 11.4 Å². The van der Waals surface area contributed by atoms with Crippen LogP contribution in [0.4, 0.5) is 4.39 Å². The Morgan fingerprint density at radius 2 is 1.96 bits per heavy atom. The molecule has 1 N–H and O–H groups in total. The van der Waals surface area contributed by atoms with Gasteiger partial charge in [0.05, 0.1) is 18.8 Å². The fraction of sp³-hybridized carbons (Fsp3) is 0.238. The van der Waals surface area contributed by atoms with E-state index in [9.17, 15) is 9.18 Å². The molecule has 1 heterocycles. The van der Waals surface area contributed by atoms with Crippen molar-refractivity contribution in [2.75, 3.05) is 27.7 Å². The number of likely N-dealkylation sites (N-methyl/N-ethyl adjacent to an activating group) is 1. The van der Waals surface area contributed by atoms with Gasteiger partial charge in [0.2, 0.25) is 0 Å². The number of methoxy groups -OCH3 is 1. The van der Waals surface area contributed by atoms with Crippen LogP contribution in [0.3, 0.4) is 0 Å². The smallest absolute Gasteiger partial charge is 0.271 e. The zero-order valence-electron chi connectivity index (χ0n) is 16.1. The van der Waals surface area contributed by atoms with Crippen LogP contribution < -0.4 is 10.1 Å². The van der Waals surface area contributed by atoms with Crippen LogP contribution in [0, 0.1) is 5.82 Å². The molecular formula is C21H23FN4O2. The van der Waals surface area contributed by atoms with Crippen LogP contribution in [0.15, 0.2) is 60.8 Å². The normalized spacial score (nSPS) is 12.0. The van der Waals surface area contributed by atoms with Crippen molar-refractivity contribution in [1.29, 1.82) is 0 Å². The summed E-state index contributed by atoms with van der Waals surface area (Å²) < 4.78 is 20.1. The molecule has 3 rings (SSSR count). The highest BCUT2D eigenvalue weighted by Gasteiger charge is 2.17. The molecule has 0 saturated heterocycles. The Kier molecular flexibility index (Phi) is 6.06. The molecule has 3 aromatic rings. The van der Waals surface area contributed by atoms with Crippen molar-refractivity contribution in [3.63, 3.8) is 0 Å². The lowest BCUT2D eigenvalue weighted by Gasteiger charge is -2.25. The van der Waals surface area contributed by atoms with Crippen molar-refractivity contribution in [2.45, 2.75) is 6.04 Å². The number of rotatable bonds is 7. The molecule has 0 aliphatic heterocycles. The molecule has 1 atom stereocenters. The van der Waals surface area contributed by atoms with Crippen LogP contribution in [0.2, 0.25) is 0 Å². The van der Waals surface area contributed by atoms with E-state index in [1.807, 2.05) is 43.3 Å². The molecule has 2 aromatic carbocycles. The molecule has 6 nitrogen and oxygen atoms in total. The first-order chi connectivity index (χ1) is 13.5. The lowest BCUT2D eigenvalue weighted by Crippen LogP contribution is -2.34. The van der Waals surface area contributed by atoms with Crippen molar-refractivity contribution in [2.24, 2.45) is 0 Å². The first-order valence-electron chi connectivity index (χ1n) is 8.88. The number of aromatic nitrogens is 2. The van der Waals surface area contributed by atoms with Crippen LogP contribution in [-0.2, 0) is 0 Å². The molecule has 7 heteroatoms. The standard InChI is InChI=1S/C21H23FN4O2/c1-25(2)20(15-7-9-18(28-3)10-8-15)14-23-21(27)19-11-12-26(24-19)17-6-4-5-16(22)13-17/h4-13,20H,14H2,1-3H3,(H,23,27). The molecule has 0 aliphatic rings. The highest BCUT2D eigenvalue weighted by Crippen LogP contribution is 2.21. The van der Waals surface area contributed by atoms with E-state index in [-0.39, 0.29) is 23.5 Å². The zero-order valence-corrected chi connectivity index (χ0v) is 16.1. The predicted octanol–water partition coefficient (Wildman–Crippen LogP) is 3.05. The lowest BCUT2D eigenvalue weighted by atomic mass is 10.1. The summed E-state index contributed by atoms with van der Waals surface area (Å²) in [4.78, 5) is 14.6. The number of hydrogen-bond donors (Lipinski definition) is 1. The first kappa shape index (κ1) is 19.6. The molecule has 0 spiro atoms. The minimum absolute atomic E-state index is 0.000149. The first-order valence-corrected chi connectivity index (χ1v) is 8.88. The molecule has 146 valence electrons. The van der Waals surface area contributed by atoms with Gasteiger partial charge in [0, 0.05) is 12.7 Å². The van der Waals surface area contributed by atoms with Crippen molar-refractivity contribution >= 4 is 5.91 Å². The quantitative estimate of drug-likeness (QED) is 0.682. The van der Waals surface area contributed by atoms with E-state index < -0.39 is 0 Å². The fourth-order valence-corrected chi connectivity index (χ4v) is 2.91. The molecule has 1 unspecified atom stereocenters. The molecule has 0 bridgehead atoms. The van der Waals surface area contributed by atoms with Gasteiger partial charge in [-0.05, 0) is 56.1 Å². The number of nitrogens with zero attached hydrogens (tertiary/aromatic N) is 3. The van der Waals surface area contributed by atoms with Crippen LogP contribution in [0.1, 0.15) is 22.1 Å². The number of hydrogen-bond acceptors (Lipinski definition) is 4. The second-order valence-corrected chi connectivity index (χ2v) is 6.59. The SMILES string of the molecule is COc1ccc(C(CNC(=O)c2ccn(-c3cccc(F)c3)n2)N(C)C)cc1. The van der Waals surface area contributed by atoms with Crippen molar-refractivity contribution in [3.05, 3.63) is 77.9 Å². The molecule has 1 aromatic heterocycles. The van der Waals surface area contributed by atoms with Gasteiger partial charge in [-0.2, -0.15) is 5.10 Å². The van der Waals surface area contributed by atoms with Gasteiger partial charge in [-0.1, -0.05) is 18.2 Å². The Hall–Kier alpha value is -3.19. The number of halogens is 1. The summed E-state index contributed by atoms with van der Waals surface area (Å²) in [6.45, 7) is 0.422. The molecule has 0 radical (unpaired) electrons. The minimum Gasteiger partial charge on any atom is -0.497 e. The predicted molar refractivity (Wildman–Crippen MR) is 105 cm³/mol. The van der Waals surface area contributed by atoms with Crippen LogP contribution in [-0.4, -0.2) is 48.3 Å². The van der Waals surface area contributed by atoms with E-state index in [4.69, 9.17) is 4.74 Å². The number of nitrogens with one attached hydrogen (secondary N) is 1. The molecule has 0 aliphatic carbocycles. The maximum absolute atomic E-state index is 13.4. The third-order valence-electron chi connectivity index (χ3n) is 4.47. The molecule has 1 amide bonds. The van der Waals surface area contributed by atoms with E-state index in [1.54, 1.807) is 31.5 Å². The maximum atomic E-state index is 13.4. The number of ether oxygens (including phenoxy) is 1. The van der Waals surface area contributed by atoms with Crippen LogP contribution >= 0.6 is 0 Å². The fourth-order valence-electron chi connectivity index (χ4n) is 2.91. The van der Waals surface area contributed by atoms with E-state index in [0.29, 0.717) is 12.2 Å². The summed E-state index contributed by atoms with van der Waals surface area (Å²) >= 11 is 0. The van der Waals surface area contributed by atoms with Gasteiger partial charge in [0.15, 0.2) is 5.69 Å². The largest absolute Gasteiger partial charge is 0.497 e. The van der Waals surface area contributed by atoms with Gasteiger partial charge in [-0.3, -0.25) is 4.79 Å². The Balaban J connectivity index is 1.68. The van der Waals surface area contributed by atoms with Gasteiger partial charge in [-0.25, -0.2) is 9.07 Å². The van der Waals surface area contributed by atoms with Crippen LogP contribution in [0.25, 0.3) is 5.69 Å². The molecule has 0 saturated carbocycles. The molecule has 28 heavy (non-hydrogen) atoms. The summed E-state index contributed by atoms with van der Waals surface area (Å²) in [5, 5.41) is 7.17. The van der Waals surface area contributed by atoms with E-state index in [1.165, 1.54) is 16.8 Å². The van der Waals surface area contributed by atoms with E-state index in [0.717, 1.165) is 11.3 Å². The zero-order chi connectivity index (χ0) is 20.1. The topological polar surface area (TPSA) is 59.4 Å². The van der Waals surface area contributed by atoms with Gasteiger partial charge < -0.3 is 15.0 Å². The summed E-state index contributed by atoms with van der Waals surface area (Å²) in [7, 11) is 5.54. The van der Waals surface area contributed by atoms with Gasteiger partial charge in [0.1, 0.15) is 11.6 Å². The average Bonchev–Trinajstić information content (AvgIpc) is 3.18. The number of benzene rings is 2. The summed E-state index contributed by atoms with van der Waals surface area (Å²) in [5.74, 6) is 0.149. The molecular weight excluding hydrogens is 359 g/mol. The highest BCUT2D eigenvalue weighted by atomic mass is 19.1. The van der Waals surface area contributed by atoms with Crippen LogP contribution in [0.5, 0.6) is 5.75 Å². The Labute approximate surface area is 163 Å². The Bertz CT molecular complexity index is 938. The van der Waals surface area contributed by atoms with Gasteiger partial charge in [0.25, 0.3) is 5.91 Å². The van der Waals surface area contributed by atoms with E-state index in [2.05, 4.69) is 10.4 Å². The monoisotopic (exact) mass is 382 g/mol. The lowest BCUT2D eigenvalue weighted by molar-refractivity contribution is 0.0936. The van der Waals surface area contributed by atoms with E-state index >= 15 is 0 Å². The second-order valence-electron chi connectivity index (χ2n) is 6.59. The highest BCUT2D eigenvalue weighted by molar-refractivity contribution is 5.92. The minimum atomic E-state index is -0.354. The number of amides is 1. The molecule has 0 fully saturated rings. The third kappa shape index (κ3) is 4.55. The average molecular weight is 382 g/mol. The summed E-state index contributed by atoms with van der Waals surface area (Å²) in [6.07, 6.45) is 1.64. The number of carbonyl (C=O) groups is 1. The van der Waals surface area contributed by atoms with Crippen molar-refractivity contribution in [1.82, 2.24) is 20.0 Å². The second kappa shape index (κ2) is 8.67. The van der Waals surface area contributed by atoms with Crippen molar-refractivity contribution < 1.29 is 13.9 Å². The van der Waals surface area contributed by atoms with Gasteiger partial charge >= 0.3 is 0 Å². The number of carbonyl (C=O) groups excluding carboxylic acids is 1. The maximum Gasteiger partial charge on any atom is 0.271 e.